The molecule has 1 aliphatic heterocycles. The van der Waals surface area contributed by atoms with Crippen LogP contribution in [0.4, 0.5) is 17.2 Å². The van der Waals surface area contributed by atoms with Crippen LogP contribution in [0.1, 0.15) is 43.2 Å². The van der Waals surface area contributed by atoms with Crippen molar-refractivity contribution < 1.29 is 14.3 Å². The molecule has 4 rings (SSSR count). The number of methoxy groups -OCH3 is 1. The third-order valence-electron chi connectivity index (χ3n) is 6.26. The van der Waals surface area contributed by atoms with Crippen LogP contribution in [0.25, 0.3) is 4.85 Å². The van der Waals surface area contributed by atoms with Gasteiger partial charge in [0.25, 0.3) is 11.7 Å². The van der Waals surface area contributed by atoms with Gasteiger partial charge in [-0.3, -0.25) is 14.5 Å². The zero-order valence-corrected chi connectivity index (χ0v) is 18.9. The molecule has 0 bridgehead atoms. The predicted octanol–water partition coefficient (Wildman–Crippen LogP) is 4.50. The van der Waals surface area contributed by atoms with E-state index in [1.165, 1.54) is 7.11 Å². The van der Waals surface area contributed by atoms with Crippen LogP contribution in [0.2, 0.25) is 0 Å². The number of ether oxygens (including phenoxy) is 1. The quantitative estimate of drug-likeness (QED) is 0.368. The highest BCUT2D eigenvalue weighted by Crippen LogP contribution is 2.47. The molecule has 1 saturated heterocycles. The van der Waals surface area contributed by atoms with E-state index in [0.717, 1.165) is 43.4 Å². The number of hydrogen-bond acceptors (Lipinski definition) is 5. The van der Waals surface area contributed by atoms with Crippen LogP contribution in [0.3, 0.4) is 0 Å². The Bertz CT molecular complexity index is 1120. The minimum atomic E-state index is -0.657. The van der Waals surface area contributed by atoms with Crippen LogP contribution in [-0.2, 0) is 20.7 Å². The van der Waals surface area contributed by atoms with Gasteiger partial charge >= 0.3 is 5.97 Å². The van der Waals surface area contributed by atoms with E-state index in [0.29, 0.717) is 28.6 Å². The average Bonchev–Trinajstić information content (AvgIpc) is 3.00. The first-order valence-corrected chi connectivity index (χ1v) is 11.0. The maximum atomic E-state index is 13.5. The van der Waals surface area contributed by atoms with Crippen molar-refractivity contribution in [3.05, 3.63) is 59.1 Å². The Kier molecular flexibility index (Phi) is 5.94. The Morgan fingerprint density at radius 3 is 2.56 bits per heavy atom. The fraction of sp³-hybridized carbons (Fsp3) is 0.375. The summed E-state index contributed by atoms with van der Waals surface area (Å²) < 4.78 is 4.69. The minimum absolute atomic E-state index is 0.0346. The normalized spacial score (nSPS) is 16.8. The smallest absolute Gasteiger partial charge is 0.305 e. The summed E-state index contributed by atoms with van der Waals surface area (Å²) in [7, 11) is 1.40. The number of thiocarbonyl (C=S) groups is 1. The zero-order chi connectivity index (χ0) is 22.9. The summed E-state index contributed by atoms with van der Waals surface area (Å²) in [6.45, 7) is 9.01. The minimum Gasteiger partial charge on any atom is -0.469 e. The van der Waals surface area contributed by atoms with Crippen LogP contribution in [0.5, 0.6) is 0 Å². The van der Waals surface area contributed by atoms with Crippen molar-refractivity contribution in [1.82, 2.24) is 4.98 Å². The molecule has 32 heavy (non-hydrogen) atoms. The second kappa shape index (κ2) is 8.67. The number of carbonyl (C=O) groups is 2. The lowest BCUT2D eigenvalue weighted by Crippen LogP contribution is -2.55. The van der Waals surface area contributed by atoms with Gasteiger partial charge in [0, 0.05) is 12.1 Å². The van der Waals surface area contributed by atoms with Crippen LogP contribution >= 0.6 is 12.2 Å². The topological polar surface area (TPSA) is 67.1 Å². The number of benzene rings is 1. The molecule has 1 amide bonds. The summed E-state index contributed by atoms with van der Waals surface area (Å²) in [5, 5.41) is 0.435. The van der Waals surface area contributed by atoms with Crippen LogP contribution in [-0.4, -0.2) is 34.6 Å². The summed E-state index contributed by atoms with van der Waals surface area (Å²) >= 11 is 5.79. The van der Waals surface area contributed by atoms with Crippen LogP contribution in [0.15, 0.2) is 36.5 Å². The molecule has 1 aliphatic carbocycles. The molecule has 2 aliphatic rings. The van der Waals surface area contributed by atoms with Gasteiger partial charge in [0.1, 0.15) is 11.7 Å². The first-order chi connectivity index (χ1) is 15.4. The number of carbonyl (C=O) groups excluding carboxylic acids is 2. The standard InChI is InChI=1S/C24H24N4O3S/c1-16-14-19(15-26-21(16)25-2)27-22(30)24(12-5-13-24)28(23(27)32)18-10-8-17(9-11-18)6-4-7-20(29)31-3/h8-11,14-15H,4-7,12-13H2,1,3H3. The molecule has 0 radical (unpaired) electrons. The van der Waals surface area contributed by atoms with Gasteiger partial charge in [-0.05, 0) is 80.6 Å². The number of aryl methyl sites for hydroxylation is 2. The van der Waals surface area contributed by atoms with Crippen molar-refractivity contribution in [2.75, 3.05) is 16.9 Å². The summed E-state index contributed by atoms with van der Waals surface area (Å²) in [5.74, 6) is 0.0840. The average molecular weight is 449 g/mol. The Morgan fingerprint density at radius 2 is 2.00 bits per heavy atom. The second-order valence-electron chi connectivity index (χ2n) is 8.19. The van der Waals surface area contributed by atoms with Crippen molar-refractivity contribution in [1.29, 1.82) is 0 Å². The number of aromatic nitrogens is 1. The molecule has 1 saturated carbocycles. The first kappa shape index (κ1) is 21.9. The molecular formula is C24H24N4O3S. The predicted molar refractivity (Wildman–Crippen MR) is 126 cm³/mol. The number of anilines is 2. The maximum Gasteiger partial charge on any atom is 0.305 e. The molecule has 0 unspecified atom stereocenters. The van der Waals surface area contributed by atoms with Gasteiger partial charge in [0.2, 0.25) is 0 Å². The summed E-state index contributed by atoms with van der Waals surface area (Å²) in [6, 6.07) is 9.81. The van der Waals surface area contributed by atoms with E-state index in [4.69, 9.17) is 18.8 Å². The van der Waals surface area contributed by atoms with Gasteiger partial charge in [-0.15, -0.1) is 4.98 Å². The number of amides is 1. The Hall–Kier alpha value is -3.31. The molecule has 7 nitrogen and oxygen atoms in total. The monoisotopic (exact) mass is 448 g/mol. The molecule has 2 aromatic rings. The highest BCUT2D eigenvalue weighted by atomic mass is 32.1. The Morgan fingerprint density at radius 1 is 1.28 bits per heavy atom. The summed E-state index contributed by atoms with van der Waals surface area (Å²) in [6.07, 6.45) is 5.89. The zero-order valence-electron chi connectivity index (χ0n) is 18.1. The number of pyridine rings is 1. The molecule has 2 fully saturated rings. The molecular weight excluding hydrogens is 424 g/mol. The fourth-order valence-corrected chi connectivity index (χ4v) is 4.82. The van der Waals surface area contributed by atoms with Crippen molar-refractivity contribution in [3.8, 4) is 0 Å². The molecule has 8 heteroatoms. The van der Waals surface area contributed by atoms with E-state index in [1.54, 1.807) is 17.2 Å². The lowest BCUT2D eigenvalue weighted by Gasteiger charge is -2.43. The van der Waals surface area contributed by atoms with Crippen molar-refractivity contribution in [3.63, 3.8) is 0 Å². The molecule has 164 valence electrons. The van der Waals surface area contributed by atoms with Gasteiger partial charge in [-0.25, -0.2) is 0 Å². The lowest BCUT2D eigenvalue weighted by molar-refractivity contribution is -0.140. The maximum absolute atomic E-state index is 13.5. The highest BCUT2D eigenvalue weighted by molar-refractivity contribution is 7.81. The third kappa shape index (κ3) is 3.63. The number of rotatable bonds is 6. The van der Waals surface area contributed by atoms with Crippen molar-refractivity contribution in [2.45, 2.75) is 51.0 Å². The summed E-state index contributed by atoms with van der Waals surface area (Å²) in [5.41, 5.74) is 2.65. The van der Waals surface area contributed by atoms with Crippen molar-refractivity contribution in [2.24, 2.45) is 0 Å². The van der Waals surface area contributed by atoms with Crippen LogP contribution < -0.4 is 9.80 Å². The fourth-order valence-electron chi connectivity index (χ4n) is 4.35. The molecule has 1 aromatic heterocycles. The van der Waals surface area contributed by atoms with Gasteiger partial charge in [0.05, 0.1) is 12.8 Å². The van der Waals surface area contributed by atoms with E-state index in [1.807, 2.05) is 36.1 Å². The number of nitrogens with zero attached hydrogens (tertiary/aromatic N) is 4. The van der Waals surface area contributed by atoms with E-state index in [9.17, 15) is 9.59 Å². The van der Waals surface area contributed by atoms with Crippen LogP contribution in [0, 0.1) is 13.5 Å². The Labute approximate surface area is 192 Å². The molecule has 2 heterocycles. The highest BCUT2D eigenvalue weighted by Gasteiger charge is 2.59. The van der Waals surface area contributed by atoms with E-state index < -0.39 is 5.54 Å². The van der Waals surface area contributed by atoms with E-state index in [2.05, 4.69) is 14.6 Å². The van der Waals surface area contributed by atoms with E-state index in [-0.39, 0.29) is 11.9 Å². The van der Waals surface area contributed by atoms with Gasteiger partial charge < -0.3 is 14.5 Å². The van der Waals surface area contributed by atoms with E-state index >= 15 is 0 Å². The van der Waals surface area contributed by atoms with Gasteiger partial charge in [-0.1, -0.05) is 18.7 Å². The Balaban J connectivity index is 1.59. The first-order valence-electron chi connectivity index (χ1n) is 10.6. The largest absolute Gasteiger partial charge is 0.469 e. The van der Waals surface area contributed by atoms with Crippen molar-refractivity contribution >= 4 is 46.4 Å². The lowest BCUT2D eigenvalue weighted by atomic mass is 9.75. The molecule has 0 atom stereocenters. The number of esters is 1. The van der Waals surface area contributed by atoms with Gasteiger partial charge in [0.15, 0.2) is 5.11 Å². The molecule has 0 N–H and O–H groups in total. The molecule has 1 spiro atoms. The summed E-state index contributed by atoms with van der Waals surface area (Å²) in [4.78, 5) is 36.0. The third-order valence-corrected chi connectivity index (χ3v) is 6.63. The number of hydrogen-bond donors (Lipinski definition) is 0. The molecule has 1 aromatic carbocycles. The SMILES string of the molecule is [C-]#[N+]c1ncc(N2C(=O)C3(CCC3)N(c3ccc(CCCC(=O)OC)cc3)C2=S)cc1C. The van der Waals surface area contributed by atoms with Gasteiger partial charge in [-0.2, -0.15) is 0 Å². The second-order valence-corrected chi connectivity index (χ2v) is 8.55.